The predicted octanol–water partition coefficient (Wildman–Crippen LogP) is -6.64. The van der Waals surface area contributed by atoms with Gasteiger partial charge in [-0.05, 0) is 0 Å². The normalized spacial score (nSPS) is 7.38. The van der Waals surface area contributed by atoms with Crippen LogP contribution in [0.25, 0.3) is 0 Å². The molecule has 0 bridgehead atoms. The zero-order chi connectivity index (χ0) is 7.54. The van der Waals surface area contributed by atoms with Gasteiger partial charge in [-0.25, -0.2) is 12.2 Å². The van der Waals surface area contributed by atoms with Crippen LogP contribution in [0.4, 0.5) is 0 Å². The maximum Gasteiger partial charge on any atom is 4.00 e. The minimum atomic E-state index is 0. The van der Waals surface area contributed by atoms with E-state index in [-0.39, 0.29) is 77.2 Å². The van der Waals surface area contributed by atoms with Crippen molar-refractivity contribution in [2.75, 3.05) is 0 Å². The van der Waals surface area contributed by atoms with Gasteiger partial charge >= 0.3 is 119 Å². The van der Waals surface area contributed by atoms with Gasteiger partial charge in [-0.3, -0.25) is 6.08 Å². The van der Waals surface area contributed by atoms with E-state index in [0.29, 0.717) is 0 Å². The molecule has 0 spiro atoms. The maximum atomic E-state index is 4.61. The Morgan fingerprint density at radius 2 is 1.54 bits per heavy atom. The first-order chi connectivity index (χ1) is 4.50. The van der Waals surface area contributed by atoms with Gasteiger partial charge in [0.15, 0.2) is 0 Å². The molecule has 0 fully saturated rings. The minimum Gasteiger partial charge on any atom is -1.00 e. The van der Waals surface area contributed by atoms with Crippen molar-refractivity contribution in [2.45, 2.75) is 6.42 Å². The molecular weight excluding hydrogens is 1070 g/mol. The van der Waals surface area contributed by atoms with E-state index >= 15 is 0 Å². The van der Waals surface area contributed by atoms with Crippen LogP contribution >= 0.6 is 0 Å². The zero-order valence-electron chi connectivity index (χ0n) is 6.61. The van der Waals surface area contributed by atoms with Crippen molar-refractivity contribution in [3.63, 3.8) is 0 Å². The van der Waals surface area contributed by atoms with Crippen LogP contribution in [0.2, 0.25) is 0 Å². The number of allylic oxidation sites excluding steroid dienone is 4. The van der Waals surface area contributed by atoms with Crippen molar-refractivity contribution in [1.82, 2.24) is 0 Å². The Bertz CT molecular complexity index is 98.8. The Morgan fingerprint density at radius 1 is 1.15 bits per heavy atom. The largest absolute Gasteiger partial charge is 4.00 e. The topological polar surface area (TPSA) is 0 Å². The number of halogens is 2. The fourth-order valence-corrected chi connectivity index (χ4v) is 0.340. The summed E-state index contributed by atoms with van der Waals surface area (Å²) >= 11 is 4.06. The van der Waals surface area contributed by atoms with Gasteiger partial charge in [0.1, 0.15) is 0 Å². The third-order valence-electron chi connectivity index (χ3n) is 0.586. The molecular formula is C6H7Bi4Cl2Zr. The van der Waals surface area contributed by atoms with Crippen LogP contribution in [-0.2, 0) is 26.2 Å². The summed E-state index contributed by atoms with van der Waals surface area (Å²) in [5, 5.41) is 0. The molecule has 0 saturated carbocycles. The Morgan fingerprint density at radius 3 is 1.62 bits per heavy atom. The van der Waals surface area contributed by atoms with E-state index in [1.807, 2.05) is 12.2 Å². The summed E-state index contributed by atoms with van der Waals surface area (Å²) < 4.78 is 4.61. The molecule has 0 aromatic rings. The smallest absolute Gasteiger partial charge is 1.00 e. The van der Waals surface area contributed by atoms with Crippen LogP contribution in [0, 0.1) is 6.08 Å². The monoisotopic (exact) mass is 1070 g/mol. The van der Waals surface area contributed by atoms with Gasteiger partial charge in [-0.1, -0.05) is 0 Å². The van der Waals surface area contributed by atoms with Crippen molar-refractivity contribution in [3.8, 4) is 0 Å². The second-order valence-corrected chi connectivity index (χ2v) is 1.00. The Hall–Kier alpha value is 4.35. The molecule has 0 heterocycles. The van der Waals surface area contributed by atoms with Crippen LogP contribution in [0.5, 0.6) is 0 Å². The second kappa shape index (κ2) is 44.1. The van der Waals surface area contributed by atoms with E-state index in [4.69, 9.17) is 0 Å². The van der Waals surface area contributed by atoms with Gasteiger partial charge in [0.25, 0.3) is 0 Å². The van der Waals surface area contributed by atoms with Crippen LogP contribution in [-0.4, -0.2) is 93.2 Å². The fourth-order valence-electron chi connectivity index (χ4n) is 0.340. The van der Waals surface area contributed by atoms with Gasteiger partial charge in [0.2, 0.25) is 0 Å². The molecule has 0 atom stereocenters. The molecule has 0 saturated heterocycles. The van der Waals surface area contributed by atoms with Gasteiger partial charge in [-0.15, -0.1) is 6.42 Å². The quantitative estimate of drug-likeness (QED) is 0.168. The fraction of sp³-hybridized carbons (Fsp3) is 0.167. The van der Waals surface area contributed by atoms with Gasteiger partial charge < -0.3 is 24.8 Å². The van der Waals surface area contributed by atoms with Crippen molar-refractivity contribution >= 4 is 93.2 Å². The van der Waals surface area contributed by atoms with E-state index in [1.54, 1.807) is 38.5 Å². The second-order valence-electron chi connectivity index (χ2n) is 1.00. The molecule has 0 unspecified atom stereocenters. The Balaban J connectivity index is -0.0000000141. The summed E-state index contributed by atoms with van der Waals surface area (Å²) in [7, 11) is 0. The van der Waals surface area contributed by atoms with Crippen molar-refractivity contribution in [2.24, 2.45) is 0 Å². The summed E-state index contributed by atoms with van der Waals surface area (Å²) in [4.78, 5) is 0. The summed E-state index contributed by atoms with van der Waals surface area (Å²) in [5.41, 5.74) is 0. The number of hydrogen-bond acceptors (Lipinski definition) is 0. The standard InChI is InChI=1S/C5H5.CH.4Bi.2ClH.Zr.H/c1-2-4-5-3-1;;;;;;;;;/h1-3H,4H2;1H;;;;;2*1H;;/q2*-1;;;;;;;+4;/p-2. The first-order valence-electron chi connectivity index (χ1n) is 2.18. The summed E-state index contributed by atoms with van der Waals surface area (Å²) in [6.07, 6.45) is 10.0. The Kier molecular flexibility index (Phi) is 122. The first kappa shape index (κ1) is 36.0. The molecule has 0 aromatic carbocycles. The van der Waals surface area contributed by atoms with Crippen LogP contribution in [0.15, 0.2) is 18.2 Å². The molecule has 0 N–H and O–H groups in total. The van der Waals surface area contributed by atoms with Crippen molar-refractivity contribution < 1.29 is 51.0 Å². The molecule has 69 valence electrons. The molecule has 0 aromatic heterocycles. The average Bonchev–Trinajstić information content (AvgIpc) is 2.51. The molecule has 1 rings (SSSR count). The van der Waals surface area contributed by atoms with Crippen molar-refractivity contribution in [1.29, 1.82) is 0 Å². The van der Waals surface area contributed by atoms with Crippen molar-refractivity contribution in [3.05, 3.63) is 24.3 Å². The molecule has 0 amide bonds. The number of hydrogen-bond donors (Lipinski definition) is 0. The summed E-state index contributed by atoms with van der Waals surface area (Å²) in [5.74, 6) is 0. The zero-order valence-corrected chi connectivity index (χ0v) is 24.9. The van der Waals surface area contributed by atoms with Gasteiger partial charge in [0, 0.05) is 0 Å². The molecule has 1 aliphatic carbocycles. The third-order valence-corrected chi connectivity index (χ3v) is 0.586. The van der Waals surface area contributed by atoms with Gasteiger partial charge in [0.05, 0.1) is 0 Å². The van der Waals surface area contributed by atoms with E-state index in [2.05, 4.69) is 16.4 Å². The first-order valence-corrected chi connectivity index (χ1v) is 19.4. The average molecular weight is 1080 g/mol. The predicted molar refractivity (Wildman–Crippen MR) is 52.0 cm³/mol. The summed E-state index contributed by atoms with van der Waals surface area (Å²) in [6, 6.07) is 0. The molecule has 5 radical (unpaired) electrons. The molecule has 13 heavy (non-hydrogen) atoms. The van der Waals surface area contributed by atoms with E-state index < -0.39 is 0 Å². The minimum absolute atomic E-state index is 0. The van der Waals surface area contributed by atoms with E-state index in [1.165, 1.54) is 0 Å². The maximum absolute atomic E-state index is 4.61. The number of rotatable bonds is 0. The Labute approximate surface area is 171 Å². The third kappa shape index (κ3) is 38.5. The molecule has 0 nitrogen and oxygen atoms in total. The van der Waals surface area contributed by atoms with E-state index in [0.717, 1.165) is 30.7 Å². The molecule has 7 heteroatoms. The van der Waals surface area contributed by atoms with Crippen LogP contribution in [0.3, 0.4) is 0 Å². The van der Waals surface area contributed by atoms with Gasteiger partial charge in [-0.2, -0.15) is 6.08 Å². The summed E-state index contributed by atoms with van der Waals surface area (Å²) in [6.45, 7) is 0. The van der Waals surface area contributed by atoms with Crippen LogP contribution in [0.1, 0.15) is 6.42 Å². The van der Waals surface area contributed by atoms with E-state index in [9.17, 15) is 0 Å². The molecule has 0 aliphatic heterocycles. The van der Waals surface area contributed by atoms with Crippen LogP contribution < -0.4 is 24.8 Å². The molecule has 1 aliphatic rings. The SMILES string of the molecule is [BiH].[Bi]=[Bi].[C-]1=CC=CC1.[CH-]=[Bi].[Cl-].[Cl-].[Zr+4].